The van der Waals surface area contributed by atoms with Crippen molar-refractivity contribution in [1.29, 1.82) is 0 Å². The molecule has 0 aromatic heterocycles. The normalized spacial score (nSPS) is 26.9. The van der Waals surface area contributed by atoms with Crippen molar-refractivity contribution in [2.75, 3.05) is 11.5 Å². The second-order valence-corrected chi connectivity index (χ2v) is 7.75. The van der Waals surface area contributed by atoms with Crippen LogP contribution >= 0.6 is 0 Å². The zero-order chi connectivity index (χ0) is 14.8. The van der Waals surface area contributed by atoms with Crippen molar-refractivity contribution in [2.45, 2.75) is 38.8 Å². The molecule has 1 aliphatic rings. The quantitative estimate of drug-likeness (QED) is 0.673. The van der Waals surface area contributed by atoms with Gasteiger partial charge in [0, 0.05) is 0 Å². The third-order valence-corrected chi connectivity index (χ3v) is 5.04. The number of hydrogen-bond donors (Lipinski definition) is 3. The molecule has 19 heavy (non-hydrogen) atoms. The average molecular weight is 292 g/mol. The first-order valence-electron chi connectivity index (χ1n) is 6.07. The van der Waals surface area contributed by atoms with Crippen LogP contribution in [0.2, 0.25) is 0 Å². The summed E-state index contributed by atoms with van der Waals surface area (Å²) in [6.07, 6.45) is 0.335. The van der Waals surface area contributed by atoms with Gasteiger partial charge in [-0.05, 0) is 19.3 Å². The lowest BCUT2D eigenvalue weighted by Crippen LogP contribution is -2.55. The van der Waals surface area contributed by atoms with Gasteiger partial charge in [-0.2, -0.15) is 0 Å². The summed E-state index contributed by atoms with van der Waals surface area (Å²) in [6, 6.07) is -1.65. The molecule has 1 fully saturated rings. The first-order chi connectivity index (χ1) is 8.55. The fraction of sp³-hybridized carbons (Fsp3) is 0.818. The Balaban J connectivity index is 2.63. The topological polar surface area (TPSA) is 113 Å². The van der Waals surface area contributed by atoms with Crippen LogP contribution in [0, 0.1) is 5.92 Å². The van der Waals surface area contributed by atoms with E-state index < -0.39 is 33.4 Å². The summed E-state index contributed by atoms with van der Waals surface area (Å²) in [7, 11) is -3.12. The monoisotopic (exact) mass is 292 g/mol. The van der Waals surface area contributed by atoms with Crippen molar-refractivity contribution in [3.63, 3.8) is 0 Å². The summed E-state index contributed by atoms with van der Waals surface area (Å²) in [5.41, 5.74) is -0.830. The molecule has 1 saturated heterocycles. The maximum atomic E-state index is 11.8. The average Bonchev–Trinajstić information content (AvgIpc) is 2.48. The molecule has 0 saturated carbocycles. The number of carboxylic acid groups (broad SMARTS) is 1. The van der Waals surface area contributed by atoms with Crippen LogP contribution in [0.3, 0.4) is 0 Å². The van der Waals surface area contributed by atoms with E-state index in [1.807, 2.05) is 0 Å². The second-order valence-electron chi connectivity index (χ2n) is 5.56. The van der Waals surface area contributed by atoms with Gasteiger partial charge < -0.3 is 15.7 Å². The standard InChI is InChI=1S/C11H20N2O5S/c1-7(2)8(9(14)15)12-10(16)13-11(3)4-5-19(17,18)6-11/h7-8H,4-6H2,1-3H3,(H,14,15)(H2,12,13,16). The summed E-state index contributed by atoms with van der Waals surface area (Å²) in [4.78, 5) is 22.7. The molecule has 0 aliphatic carbocycles. The van der Waals surface area contributed by atoms with Crippen LogP contribution in [-0.2, 0) is 14.6 Å². The van der Waals surface area contributed by atoms with E-state index in [1.54, 1.807) is 20.8 Å². The van der Waals surface area contributed by atoms with Crippen molar-refractivity contribution in [2.24, 2.45) is 5.92 Å². The summed E-state index contributed by atoms with van der Waals surface area (Å²) in [5, 5.41) is 13.9. The van der Waals surface area contributed by atoms with Crippen LogP contribution in [0.4, 0.5) is 4.79 Å². The zero-order valence-electron chi connectivity index (χ0n) is 11.3. The molecule has 0 aromatic carbocycles. The lowest BCUT2D eigenvalue weighted by atomic mass is 10.0. The lowest BCUT2D eigenvalue weighted by Gasteiger charge is -2.26. The number of carbonyl (C=O) groups excluding carboxylic acids is 1. The molecule has 2 atom stereocenters. The zero-order valence-corrected chi connectivity index (χ0v) is 12.1. The summed E-state index contributed by atoms with van der Waals surface area (Å²) >= 11 is 0. The molecular weight excluding hydrogens is 272 g/mol. The third-order valence-electron chi connectivity index (χ3n) is 3.14. The number of sulfone groups is 1. The molecule has 1 aliphatic heterocycles. The van der Waals surface area contributed by atoms with Crippen molar-refractivity contribution < 1.29 is 23.1 Å². The van der Waals surface area contributed by atoms with E-state index >= 15 is 0 Å². The van der Waals surface area contributed by atoms with Crippen LogP contribution in [0.1, 0.15) is 27.2 Å². The Labute approximate surface area is 112 Å². The van der Waals surface area contributed by atoms with Crippen molar-refractivity contribution in [1.82, 2.24) is 10.6 Å². The number of carboxylic acids is 1. The summed E-state index contributed by atoms with van der Waals surface area (Å²) in [5.74, 6) is -1.46. The molecule has 0 bridgehead atoms. The number of urea groups is 1. The van der Waals surface area contributed by atoms with Crippen LogP contribution in [0.5, 0.6) is 0 Å². The molecule has 0 spiro atoms. The molecule has 1 rings (SSSR count). The molecule has 0 aromatic rings. The highest BCUT2D eigenvalue weighted by molar-refractivity contribution is 7.91. The summed E-state index contributed by atoms with van der Waals surface area (Å²) in [6.45, 7) is 5.00. The molecule has 0 radical (unpaired) electrons. The van der Waals surface area contributed by atoms with Gasteiger partial charge in [0.2, 0.25) is 0 Å². The minimum atomic E-state index is -3.12. The number of hydrogen-bond acceptors (Lipinski definition) is 4. The summed E-state index contributed by atoms with van der Waals surface area (Å²) < 4.78 is 22.8. The third kappa shape index (κ3) is 4.38. The predicted octanol–water partition coefficient (Wildman–Crippen LogP) is -0.0280. The maximum Gasteiger partial charge on any atom is 0.326 e. The van der Waals surface area contributed by atoms with Crippen LogP contribution in [0.25, 0.3) is 0 Å². The van der Waals surface area contributed by atoms with Crippen molar-refractivity contribution >= 4 is 21.8 Å². The van der Waals surface area contributed by atoms with Gasteiger partial charge in [-0.1, -0.05) is 13.8 Å². The minimum Gasteiger partial charge on any atom is -0.480 e. The van der Waals surface area contributed by atoms with Crippen molar-refractivity contribution in [3.8, 4) is 0 Å². The Bertz CT molecular complexity index is 473. The number of amides is 2. The van der Waals surface area contributed by atoms with Gasteiger partial charge in [-0.15, -0.1) is 0 Å². The first kappa shape index (κ1) is 15.7. The van der Waals surface area contributed by atoms with Gasteiger partial charge in [0.1, 0.15) is 6.04 Å². The largest absolute Gasteiger partial charge is 0.480 e. The number of carbonyl (C=O) groups is 2. The van der Waals surface area contributed by atoms with Gasteiger partial charge in [0.25, 0.3) is 0 Å². The highest BCUT2D eigenvalue weighted by atomic mass is 32.2. The second kappa shape index (κ2) is 5.36. The molecular formula is C11H20N2O5S. The van der Waals surface area contributed by atoms with Gasteiger partial charge >= 0.3 is 12.0 Å². The molecule has 2 unspecified atom stereocenters. The van der Waals surface area contributed by atoms with E-state index in [-0.39, 0.29) is 17.4 Å². The van der Waals surface area contributed by atoms with Gasteiger partial charge in [-0.3, -0.25) is 0 Å². The highest BCUT2D eigenvalue weighted by Crippen LogP contribution is 2.22. The van der Waals surface area contributed by atoms with Crippen LogP contribution in [-0.4, -0.2) is 48.6 Å². The van der Waals surface area contributed by atoms with Crippen molar-refractivity contribution in [3.05, 3.63) is 0 Å². The van der Waals surface area contributed by atoms with Gasteiger partial charge in [0.05, 0.1) is 17.0 Å². The number of aliphatic carboxylic acids is 1. The van der Waals surface area contributed by atoms with Gasteiger partial charge in [0.15, 0.2) is 9.84 Å². The van der Waals surface area contributed by atoms with Gasteiger partial charge in [-0.25, -0.2) is 18.0 Å². The lowest BCUT2D eigenvalue weighted by molar-refractivity contribution is -0.140. The van der Waals surface area contributed by atoms with E-state index in [2.05, 4.69) is 10.6 Å². The minimum absolute atomic E-state index is 0.0380. The number of rotatable bonds is 4. The number of nitrogens with one attached hydrogen (secondary N) is 2. The molecule has 2 amide bonds. The highest BCUT2D eigenvalue weighted by Gasteiger charge is 2.40. The Morgan fingerprint density at radius 2 is 1.89 bits per heavy atom. The Morgan fingerprint density at radius 1 is 1.32 bits per heavy atom. The van der Waals surface area contributed by atoms with Crippen LogP contribution in [0.15, 0.2) is 0 Å². The molecule has 7 nitrogen and oxygen atoms in total. The molecule has 110 valence electrons. The fourth-order valence-electron chi connectivity index (χ4n) is 2.07. The van der Waals surface area contributed by atoms with E-state index in [9.17, 15) is 18.0 Å². The maximum absolute atomic E-state index is 11.8. The Morgan fingerprint density at radius 3 is 2.26 bits per heavy atom. The Kier molecular flexibility index (Phi) is 4.44. The first-order valence-corrected chi connectivity index (χ1v) is 7.89. The van der Waals surface area contributed by atoms with E-state index in [4.69, 9.17) is 5.11 Å². The van der Waals surface area contributed by atoms with E-state index in [1.165, 1.54) is 0 Å². The van der Waals surface area contributed by atoms with Crippen LogP contribution < -0.4 is 10.6 Å². The van der Waals surface area contributed by atoms with E-state index in [0.717, 1.165) is 0 Å². The molecule has 1 heterocycles. The fourth-order valence-corrected chi connectivity index (χ4v) is 4.17. The molecule has 8 heteroatoms. The predicted molar refractivity (Wildman–Crippen MR) is 69.6 cm³/mol. The smallest absolute Gasteiger partial charge is 0.326 e. The van der Waals surface area contributed by atoms with E-state index in [0.29, 0.717) is 6.42 Å². The SMILES string of the molecule is CC(C)C(NC(=O)NC1(C)CCS(=O)(=O)C1)C(=O)O. The molecule has 3 N–H and O–H groups in total. The Hall–Kier alpha value is -1.31.